The number of carbonyl (C=O) groups is 2. The van der Waals surface area contributed by atoms with E-state index in [4.69, 9.17) is 5.11 Å². The van der Waals surface area contributed by atoms with Gasteiger partial charge < -0.3 is 15.3 Å². The molecule has 1 aliphatic heterocycles. The molecule has 1 heterocycles. The highest BCUT2D eigenvalue weighted by Gasteiger charge is 2.24. The molecule has 2 rings (SSSR count). The summed E-state index contributed by atoms with van der Waals surface area (Å²) in [5, 5.41) is 12.2. The maximum absolute atomic E-state index is 11.4. The van der Waals surface area contributed by atoms with Gasteiger partial charge in [-0.3, -0.25) is 9.59 Å². The normalized spacial score (nSPS) is 19.2. The van der Waals surface area contributed by atoms with E-state index in [1.807, 2.05) is 18.2 Å². The SMILES string of the molecule is CC(=O)c1cccc(N2CCNCC2CC(=O)O)c1. The van der Waals surface area contributed by atoms with E-state index < -0.39 is 5.97 Å². The number of aliphatic carboxylic acids is 1. The Hall–Kier alpha value is -1.88. The highest BCUT2D eigenvalue weighted by molar-refractivity contribution is 5.95. The summed E-state index contributed by atoms with van der Waals surface area (Å²) in [5.74, 6) is -0.784. The van der Waals surface area contributed by atoms with E-state index in [0.29, 0.717) is 12.1 Å². The summed E-state index contributed by atoms with van der Waals surface area (Å²) in [6, 6.07) is 7.30. The number of rotatable bonds is 4. The van der Waals surface area contributed by atoms with E-state index in [9.17, 15) is 9.59 Å². The number of nitrogens with zero attached hydrogens (tertiary/aromatic N) is 1. The van der Waals surface area contributed by atoms with Crippen LogP contribution >= 0.6 is 0 Å². The zero-order valence-corrected chi connectivity index (χ0v) is 10.9. The van der Waals surface area contributed by atoms with Crippen LogP contribution in [0, 0.1) is 0 Å². The van der Waals surface area contributed by atoms with Gasteiger partial charge in [0.1, 0.15) is 0 Å². The predicted octanol–water partition coefficient (Wildman–Crippen LogP) is 1.14. The fraction of sp³-hybridized carbons (Fsp3) is 0.429. The highest BCUT2D eigenvalue weighted by atomic mass is 16.4. The van der Waals surface area contributed by atoms with E-state index in [0.717, 1.165) is 18.8 Å². The van der Waals surface area contributed by atoms with Crippen LogP contribution in [0.3, 0.4) is 0 Å². The number of anilines is 1. The molecule has 5 heteroatoms. The van der Waals surface area contributed by atoms with E-state index in [2.05, 4.69) is 10.2 Å². The van der Waals surface area contributed by atoms with Crippen LogP contribution in [-0.2, 0) is 4.79 Å². The van der Waals surface area contributed by atoms with Crippen molar-refractivity contribution in [2.24, 2.45) is 0 Å². The fourth-order valence-electron chi connectivity index (χ4n) is 2.39. The van der Waals surface area contributed by atoms with Crippen molar-refractivity contribution < 1.29 is 14.7 Å². The van der Waals surface area contributed by atoms with Gasteiger partial charge in [-0.05, 0) is 19.1 Å². The molecule has 0 amide bonds. The van der Waals surface area contributed by atoms with Crippen molar-refractivity contribution >= 4 is 17.4 Å². The maximum atomic E-state index is 11.4. The average Bonchev–Trinajstić information content (AvgIpc) is 2.39. The van der Waals surface area contributed by atoms with Crippen LogP contribution in [0.4, 0.5) is 5.69 Å². The van der Waals surface area contributed by atoms with Crippen molar-refractivity contribution in [2.75, 3.05) is 24.5 Å². The van der Waals surface area contributed by atoms with Crippen molar-refractivity contribution in [2.45, 2.75) is 19.4 Å². The smallest absolute Gasteiger partial charge is 0.305 e. The average molecular weight is 262 g/mol. The minimum absolute atomic E-state index is 0.0202. The Labute approximate surface area is 112 Å². The Kier molecular flexibility index (Phi) is 4.16. The summed E-state index contributed by atoms with van der Waals surface area (Å²) in [7, 11) is 0. The van der Waals surface area contributed by atoms with E-state index >= 15 is 0 Å². The molecule has 0 bridgehead atoms. The van der Waals surface area contributed by atoms with Gasteiger partial charge in [0, 0.05) is 30.9 Å². The van der Waals surface area contributed by atoms with Gasteiger partial charge in [0.2, 0.25) is 0 Å². The number of hydrogen-bond acceptors (Lipinski definition) is 4. The predicted molar refractivity (Wildman–Crippen MR) is 72.7 cm³/mol. The number of hydrogen-bond donors (Lipinski definition) is 2. The zero-order chi connectivity index (χ0) is 13.8. The van der Waals surface area contributed by atoms with Gasteiger partial charge >= 0.3 is 5.97 Å². The Balaban J connectivity index is 2.24. The lowest BCUT2D eigenvalue weighted by Crippen LogP contribution is -2.52. The molecule has 1 atom stereocenters. The second-order valence-corrected chi connectivity index (χ2v) is 4.76. The summed E-state index contributed by atoms with van der Waals surface area (Å²) >= 11 is 0. The molecule has 0 saturated carbocycles. The molecule has 0 radical (unpaired) electrons. The van der Waals surface area contributed by atoms with Crippen molar-refractivity contribution in [3.63, 3.8) is 0 Å². The molecule has 1 unspecified atom stereocenters. The first-order chi connectivity index (χ1) is 9.08. The summed E-state index contributed by atoms with van der Waals surface area (Å²) in [5.41, 5.74) is 1.57. The van der Waals surface area contributed by atoms with Gasteiger partial charge in [-0.2, -0.15) is 0 Å². The quantitative estimate of drug-likeness (QED) is 0.796. The van der Waals surface area contributed by atoms with Crippen molar-refractivity contribution in [3.8, 4) is 0 Å². The van der Waals surface area contributed by atoms with Crippen LogP contribution in [0.25, 0.3) is 0 Å². The number of Topliss-reactive ketones (excluding diaryl/α,β-unsaturated/α-hetero) is 1. The number of ketones is 1. The first-order valence-electron chi connectivity index (χ1n) is 6.38. The lowest BCUT2D eigenvalue weighted by molar-refractivity contribution is -0.137. The molecule has 1 saturated heterocycles. The summed E-state index contributed by atoms with van der Waals surface area (Å²) in [4.78, 5) is 24.4. The largest absolute Gasteiger partial charge is 0.481 e. The zero-order valence-electron chi connectivity index (χ0n) is 10.9. The van der Waals surface area contributed by atoms with Crippen LogP contribution in [0.5, 0.6) is 0 Å². The molecule has 5 nitrogen and oxygen atoms in total. The van der Waals surface area contributed by atoms with E-state index in [1.54, 1.807) is 6.07 Å². The standard InChI is InChI=1S/C14H18N2O3/c1-10(17)11-3-2-4-12(7-11)16-6-5-15-9-13(16)8-14(18)19/h2-4,7,13,15H,5-6,8-9H2,1H3,(H,18,19). The molecule has 1 aromatic carbocycles. The molecule has 1 aliphatic rings. The number of carboxylic acid groups (broad SMARTS) is 1. The number of carbonyl (C=O) groups excluding carboxylic acids is 1. The number of benzene rings is 1. The van der Waals surface area contributed by atoms with Crippen LogP contribution in [0.15, 0.2) is 24.3 Å². The van der Waals surface area contributed by atoms with Gasteiger partial charge in [0.05, 0.1) is 12.5 Å². The number of nitrogens with one attached hydrogen (secondary N) is 1. The van der Waals surface area contributed by atoms with Crippen LogP contribution in [0.1, 0.15) is 23.7 Å². The molecule has 0 aromatic heterocycles. The first-order valence-corrected chi connectivity index (χ1v) is 6.38. The van der Waals surface area contributed by atoms with Crippen LogP contribution in [0.2, 0.25) is 0 Å². The Morgan fingerprint density at radius 2 is 2.26 bits per heavy atom. The lowest BCUT2D eigenvalue weighted by Gasteiger charge is -2.37. The van der Waals surface area contributed by atoms with Crippen LogP contribution < -0.4 is 10.2 Å². The van der Waals surface area contributed by atoms with Gasteiger partial charge in [-0.15, -0.1) is 0 Å². The molecular weight excluding hydrogens is 244 g/mol. The summed E-state index contributed by atoms with van der Waals surface area (Å²) < 4.78 is 0. The second-order valence-electron chi connectivity index (χ2n) is 4.76. The molecular formula is C14H18N2O3. The Morgan fingerprint density at radius 1 is 1.47 bits per heavy atom. The van der Waals surface area contributed by atoms with Gasteiger partial charge in [0.25, 0.3) is 0 Å². The van der Waals surface area contributed by atoms with Gasteiger partial charge in [0.15, 0.2) is 5.78 Å². The Bertz CT molecular complexity index is 487. The molecule has 0 aliphatic carbocycles. The van der Waals surface area contributed by atoms with Crippen LogP contribution in [-0.4, -0.2) is 42.5 Å². The molecule has 0 spiro atoms. The Morgan fingerprint density at radius 3 is 2.95 bits per heavy atom. The molecule has 102 valence electrons. The minimum Gasteiger partial charge on any atom is -0.481 e. The topological polar surface area (TPSA) is 69.6 Å². The van der Waals surface area contributed by atoms with E-state index in [1.165, 1.54) is 6.92 Å². The first kappa shape index (κ1) is 13.5. The van der Waals surface area contributed by atoms with Crippen molar-refractivity contribution in [1.29, 1.82) is 0 Å². The number of carboxylic acids is 1. The molecule has 1 aromatic rings. The minimum atomic E-state index is -0.804. The highest BCUT2D eigenvalue weighted by Crippen LogP contribution is 2.21. The monoisotopic (exact) mass is 262 g/mol. The third-order valence-corrected chi connectivity index (χ3v) is 3.34. The van der Waals surface area contributed by atoms with Gasteiger partial charge in [-0.1, -0.05) is 12.1 Å². The second kappa shape index (κ2) is 5.84. The van der Waals surface area contributed by atoms with E-state index in [-0.39, 0.29) is 18.2 Å². The fourth-order valence-corrected chi connectivity index (χ4v) is 2.39. The molecule has 19 heavy (non-hydrogen) atoms. The number of piperazine rings is 1. The maximum Gasteiger partial charge on any atom is 0.305 e. The van der Waals surface area contributed by atoms with Crippen molar-refractivity contribution in [3.05, 3.63) is 29.8 Å². The molecule has 2 N–H and O–H groups in total. The third kappa shape index (κ3) is 3.32. The third-order valence-electron chi connectivity index (χ3n) is 3.34. The summed E-state index contributed by atoms with van der Waals surface area (Å²) in [6.07, 6.45) is 0.0945. The lowest BCUT2D eigenvalue weighted by atomic mass is 10.1. The summed E-state index contributed by atoms with van der Waals surface area (Å²) in [6.45, 7) is 3.75. The van der Waals surface area contributed by atoms with Crippen molar-refractivity contribution in [1.82, 2.24) is 5.32 Å². The van der Waals surface area contributed by atoms with Gasteiger partial charge in [-0.25, -0.2) is 0 Å². The molecule has 1 fully saturated rings.